The van der Waals surface area contributed by atoms with E-state index in [2.05, 4.69) is 31.3 Å². The molecule has 3 unspecified atom stereocenters. The number of hydrogen-bond acceptors (Lipinski definition) is 6. The summed E-state index contributed by atoms with van der Waals surface area (Å²) in [6.45, 7) is 4.68. The number of allylic oxidation sites excluding steroid dienone is 2. The molecule has 0 saturated carbocycles. The van der Waals surface area contributed by atoms with Gasteiger partial charge in [-0.1, -0.05) is 206 Å². The van der Waals surface area contributed by atoms with E-state index in [4.69, 9.17) is 9.05 Å². The quantitative estimate of drug-likeness (QED) is 0.0274. The number of quaternary nitrogens is 1. The summed E-state index contributed by atoms with van der Waals surface area (Å²) >= 11 is 0. The normalized spacial score (nSPS) is 14.3. The average molecular weight is 815 g/mol. The summed E-state index contributed by atoms with van der Waals surface area (Å²) in [5.74, 6) is -0.199. The van der Waals surface area contributed by atoms with E-state index in [1.165, 1.54) is 167 Å². The zero-order valence-corrected chi connectivity index (χ0v) is 38.7. The number of nitrogens with zero attached hydrogens (tertiary/aromatic N) is 1. The lowest BCUT2D eigenvalue weighted by Gasteiger charge is -2.30. The van der Waals surface area contributed by atoms with Gasteiger partial charge in [0.1, 0.15) is 13.2 Å². The molecule has 2 N–H and O–H groups in total. The fourth-order valence-electron chi connectivity index (χ4n) is 7.16. The zero-order chi connectivity index (χ0) is 41.4. The first-order chi connectivity index (χ1) is 27.0. The number of nitrogens with one attached hydrogen (secondary N) is 1. The van der Waals surface area contributed by atoms with E-state index in [1.807, 2.05) is 21.1 Å². The summed E-state index contributed by atoms with van der Waals surface area (Å²) < 4.78 is 23.2. The monoisotopic (exact) mass is 815 g/mol. The second kappa shape index (κ2) is 39.7. The molecule has 0 fully saturated rings. The van der Waals surface area contributed by atoms with Gasteiger partial charge >= 0.3 is 0 Å². The summed E-state index contributed by atoms with van der Waals surface area (Å²) in [7, 11) is 1.30. The Kier molecular flexibility index (Phi) is 39.1. The minimum absolute atomic E-state index is 0.00947. The number of unbranched alkanes of at least 4 members (excludes halogenated alkanes) is 29. The molecule has 0 aliphatic rings. The van der Waals surface area contributed by atoms with Crippen molar-refractivity contribution in [3.8, 4) is 0 Å². The Morgan fingerprint density at radius 2 is 0.982 bits per heavy atom. The SMILES string of the molecule is CCCCCC/C=C\CCCC(=O)NC(COP(=O)([O-])OCC[N+](C)(C)C)C(O)CCCCCCCCCCCCCCCCCCCCCCCCCCC. The molecule has 0 spiro atoms. The second-order valence-electron chi connectivity index (χ2n) is 17.8. The van der Waals surface area contributed by atoms with Crippen LogP contribution in [0.2, 0.25) is 0 Å². The molecule has 334 valence electrons. The van der Waals surface area contributed by atoms with E-state index < -0.39 is 20.0 Å². The Balaban J connectivity index is 4.10. The minimum atomic E-state index is -4.56. The predicted octanol–water partition coefficient (Wildman–Crippen LogP) is 12.9. The largest absolute Gasteiger partial charge is 0.756 e. The molecule has 0 rings (SSSR count). The molecule has 0 heterocycles. The van der Waals surface area contributed by atoms with Crippen LogP contribution in [0.3, 0.4) is 0 Å². The maximum atomic E-state index is 12.8. The molecular weight excluding hydrogens is 719 g/mol. The Labute approximate surface area is 348 Å². The summed E-state index contributed by atoms with van der Waals surface area (Å²) in [6, 6.07) is -0.810. The number of carbonyl (C=O) groups excluding carboxylic acids is 1. The predicted molar refractivity (Wildman–Crippen MR) is 238 cm³/mol. The standard InChI is InChI=1S/C47H95N2O6P/c1-6-8-10-12-14-16-17-18-19-20-21-22-23-24-25-26-27-28-29-30-31-33-34-36-38-40-46(50)45(44-55-56(52,53)54-43-42-49(3,4)5)48-47(51)41-39-37-35-32-15-13-11-9-7-2/h32,35,45-46,50H,6-31,33-34,36-44H2,1-5H3,(H-,48,51,52,53)/b35-32-. The Morgan fingerprint density at radius 1 is 0.607 bits per heavy atom. The number of amides is 1. The average Bonchev–Trinajstić information content (AvgIpc) is 3.15. The van der Waals surface area contributed by atoms with Crippen molar-refractivity contribution in [3.05, 3.63) is 12.2 Å². The third kappa shape index (κ3) is 41.4. The topological polar surface area (TPSA) is 108 Å². The Bertz CT molecular complexity index is 927. The van der Waals surface area contributed by atoms with E-state index >= 15 is 0 Å². The van der Waals surface area contributed by atoms with Crippen molar-refractivity contribution in [2.24, 2.45) is 0 Å². The van der Waals surface area contributed by atoms with Crippen LogP contribution in [-0.2, 0) is 18.4 Å². The number of likely N-dealkylation sites (N-methyl/N-ethyl adjacent to an activating group) is 1. The van der Waals surface area contributed by atoms with Gasteiger partial charge in [-0.05, 0) is 32.1 Å². The first-order valence-corrected chi connectivity index (χ1v) is 25.5. The molecule has 0 aromatic rings. The van der Waals surface area contributed by atoms with Gasteiger partial charge < -0.3 is 28.8 Å². The van der Waals surface area contributed by atoms with Crippen molar-refractivity contribution in [2.45, 2.75) is 244 Å². The molecule has 0 bridgehead atoms. The third-order valence-electron chi connectivity index (χ3n) is 11.0. The molecule has 0 aromatic carbocycles. The molecule has 0 aromatic heterocycles. The van der Waals surface area contributed by atoms with Gasteiger partial charge in [0.2, 0.25) is 5.91 Å². The number of phosphoric ester groups is 1. The van der Waals surface area contributed by atoms with Gasteiger partial charge in [0.05, 0.1) is 39.9 Å². The number of rotatable bonds is 44. The van der Waals surface area contributed by atoms with Gasteiger partial charge in [-0.2, -0.15) is 0 Å². The van der Waals surface area contributed by atoms with Crippen molar-refractivity contribution in [3.63, 3.8) is 0 Å². The lowest BCUT2D eigenvalue weighted by Crippen LogP contribution is -2.46. The lowest BCUT2D eigenvalue weighted by molar-refractivity contribution is -0.870. The Hall–Kier alpha value is -0.760. The number of hydrogen-bond donors (Lipinski definition) is 2. The van der Waals surface area contributed by atoms with Crippen LogP contribution < -0.4 is 10.2 Å². The molecular formula is C47H95N2O6P. The fourth-order valence-corrected chi connectivity index (χ4v) is 7.89. The van der Waals surface area contributed by atoms with E-state index in [0.717, 1.165) is 32.1 Å². The van der Waals surface area contributed by atoms with Crippen molar-refractivity contribution >= 4 is 13.7 Å². The van der Waals surface area contributed by atoms with Crippen LogP contribution >= 0.6 is 7.82 Å². The smallest absolute Gasteiger partial charge is 0.268 e. The highest BCUT2D eigenvalue weighted by atomic mass is 31.2. The van der Waals surface area contributed by atoms with Crippen molar-refractivity contribution in [1.82, 2.24) is 5.32 Å². The molecule has 0 saturated heterocycles. The van der Waals surface area contributed by atoms with Gasteiger partial charge in [-0.25, -0.2) is 0 Å². The fraction of sp³-hybridized carbons (Fsp3) is 0.936. The zero-order valence-electron chi connectivity index (χ0n) is 37.9. The minimum Gasteiger partial charge on any atom is -0.756 e. The van der Waals surface area contributed by atoms with E-state index in [0.29, 0.717) is 30.3 Å². The van der Waals surface area contributed by atoms with Gasteiger partial charge in [-0.3, -0.25) is 9.36 Å². The molecule has 0 radical (unpaired) electrons. The number of carbonyl (C=O) groups is 1. The van der Waals surface area contributed by atoms with Crippen molar-refractivity contribution < 1.29 is 32.9 Å². The van der Waals surface area contributed by atoms with Gasteiger partial charge in [-0.15, -0.1) is 0 Å². The lowest BCUT2D eigenvalue weighted by atomic mass is 10.0. The second-order valence-corrected chi connectivity index (χ2v) is 19.2. The first-order valence-electron chi connectivity index (χ1n) is 24.0. The van der Waals surface area contributed by atoms with Crippen LogP contribution in [0.1, 0.15) is 232 Å². The van der Waals surface area contributed by atoms with Crippen LogP contribution in [-0.4, -0.2) is 68.5 Å². The Morgan fingerprint density at radius 3 is 1.39 bits per heavy atom. The van der Waals surface area contributed by atoms with Crippen LogP contribution in [0.25, 0.3) is 0 Å². The van der Waals surface area contributed by atoms with Crippen molar-refractivity contribution in [1.29, 1.82) is 0 Å². The van der Waals surface area contributed by atoms with Crippen LogP contribution in [0.15, 0.2) is 12.2 Å². The number of aliphatic hydroxyl groups excluding tert-OH is 1. The van der Waals surface area contributed by atoms with E-state index in [-0.39, 0.29) is 19.1 Å². The number of aliphatic hydroxyl groups is 1. The molecule has 9 heteroatoms. The first kappa shape index (κ1) is 55.2. The summed E-state index contributed by atoms with van der Waals surface area (Å²) in [5.41, 5.74) is 0. The van der Waals surface area contributed by atoms with Crippen molar-refractivity contribution in [2.75, 3.05) is 40.9 Å². The van der Waals surface area contributed by atoms with Gasteiger partial charge in [0.25, 0.3) is 7.82 Å². The highest BCUT2D eigenvalue weighted by Crippen LogP contribution is 2.38. The maximum Gasteiger partial charge on any atom is 0.268 e. The summed E-state index contributed by atoms with van der Waals surface area (Å²) in [4.78, 5) is 25.2. The third-order valence-corrected chi connectivity index (χ3v) is 12.0. The van der Waals surface area contributed by atoms with Gasteiger partial charge in [0, 0.05) is 6.42 Å². The molecule has 0 aliphatic heterocycles. The summed E-state index contributed by atoms with van der Waals surface area (Å²) in [6.07, 6.45) is 45.4. The number of phosphoric acid groups is 1. The highest BCUT2D eigenvalue weighted by Gasteiger charge is 2.24. The van der Waals surface area contributed by atoms with Crippen LogP contribution in [0.5, 0.6) is 0 Å². The van der Waals surface area contributed by atoms with Crippen LogP contribution in [0, 0.1) is 0 Å². The molecule has 1 amide bonds. The molecule has 56 heavy (non-hydrogen) atoms. The van der Waals surface area contributed by atoms with E-state index in [1.54, 1.807) is 0 Å². The molecule has 3 atom stereocenters. The highest BCUT2D eigenvalue weighted by molar-refractivity contribution is 7.45. The maximum absolute atomic E-state index is 12.8. The van der Waals surface area contributed by atoms with E-state index in [9.17, 15) is 19.4 Å². The molecule has 8 nitrogen and oxygen atoms in total. The summed E-state index contributed by atoms with van der Waals surface area (Å²) in [5, 5.41) is 13.9. The van der Waals surface area contributed by atoms with Crippen LogP contribution in [0.4, 0.5) is 0 Å². The van der Waals surface area contributed by atoms with Gasteiger partial charge in [0.15, 0.2) is 0 Å². The molecule has 0 aliphatic carbocycles.